The van der Waals surface area contributed by atoms with Crippen LogP contribution in [-0.2, 0) is 28.6 Å². The summed E-state index contributed by atoms with van der Waals surface area (Å²) < 4.78 is 16.6. The Labute approximate surface area is 323 Å². The molecule has 0 aliphatic rings. The van der Waals surface area contributed by atoms with Gasteiger partial charge in [0.25, 0.3) is 0 Å². The number of hydrogen-bond acceptors (Lipinski definition) is 6. The number of esters is 3. The van der Waals surface area contributed by atoms with E-state index in [0.29, 0.717) is 19.3 Å². The molecule has 308 valence electrons. The molecule has 2 atom stereocenters. The number of ether oxygens (including phenoxy) is 3. The zero-order valence-electron chi connectivity index (χ0n) is 35.4. The predicted octanol–water partition coefficient (Wildman–Crippen LogP) is 14.2. The SMILES string of the molecule is CCCCCCCCCC(=O)OC[C@H](COC(=O)CCCCCCCCC(C)CC)OC(=O)CCCCCCCCCCCCCCCCC(C)C. The van der Waals surface area contributed by atoms with Gasteiger partial charge in [-0.15, -0.1) is 0 Å². The monoisotopic (exact) mass is 737 g/mol. The minimum absolute atomic E-state index is 0.0662. The first-order chi connectivity index (χ1) is 25.3. The van der Waals surface area contributed by atoms with Gasteiger partial charge >= 0.3 is 17.9 Å². The summed E-state index contributed by atoms with van der Waals surface area (Å²) in [7, 11) is 0. The summed E-state index contributed by atoms with van der Waals surface area (Å²) in [4.78, 5) is 37.6. The van der Waals surface area contributed by atoms with Crippen LogP contribution in [-0.4, -0.2) is 37.2 Å². The first-order valence-electron chi connectivity index (χ1n) is 22.8. The molecule has 0 spiro atoms. The quantitative estimate of drug-likeness (QED) is 0.0354. The van der Waals surface area contributed by atoms with Crippen LogP contribution >= 0.6 is 0 Å². The molecule has 0 fully saturated rings. The summed E-state index contributed by atoms with van der Waals surface area (Å²) in [5.41, 5.74) is 0. The minimum Gasteiger partial charge on any atom is -0.462 e. The average molecular weight is 737 g/mol. The highest BCUT2D eigenvalue weighted by Gasteiger charge is 2.19. The number of unbranched alkanes of at least 4 members (excludes halogenated alkanes) is 24. The van der Waals surface area contributed by atoms with Crippen molar-refractivity contribution in [3.05, 3.63) is 0 Å². The van der Waals surface area contributed by atoms with Gasteiger partial charge in [0.1, 0.15) is 13.2 Å². The second-order valence-corrected chi connectivity index (χ2v) is 16.4. The van der Waals surface area contributed by atoms with E-state index < -0.39 is 6.10 Å². The zero-order valence-corrected chi connectivity index (χ0v) is 35.4. The third-order valence-corrected chi connectivity index (χ3v) is 10.6. The Hall–Kier alpha value is -1.59. The highest BCUT2D eigenvalue weighted by atomic mass is 16.6. The van der Waals surface area contributed by atoms with Crippen molar-refractivity contribution in [1.29, 1.82) is 0 Å². The fraction of sp³-hybridized carbons (Fsp3) is 0.935. The summed E-state index contributed by atoms with van der Waals surface area (Å²) in [6.45, 7) is 11.3. The maximum atomic E-state index is 12.7. The lowest BCUT2D eigenvalue weighted by atomic mass is 10.00. The summed E-state index contributed by atoms with van der Waals surface area (Å²) in [6.07, 6.45) is 36.7. The van der Waals surface area contributed by atoms with E-state index in [2.05, 4.69) is 34.6 Å². The second kappa shape index (κ2) is 39.1. The van der Waals surface area contributed by atoms with E-state index in [1.54, 1.807) is 0 Å². The summed E-state index contributed by atoms with van der Waals surface area (Å²) in [5.74, 6) is 0.792. The molecule has 6 heteroatoms. The number of hydrogen-bond donors (Lipinski definition) is 0. The molecule has 0 aromatic carbocycles. The van der Waals surface area contributed by atoms with Crippen molar-refractivity contribution in [1.82, 2.24) is 0 Å². The summed E-state index contributed by atoms with van der Waals surface area (Å²) in [6, 6.07) is 0. The van der Waals surface area contributed by atoms with Gasteiger partial charge in [-0.05, 0) is 31.1 Å². The first-order valence-corrected chi connectivity index (χ1v) is 22.8. The van der Waals surface area contributed by atoms with Crippen LogP contribution in [0.5, 0.6) is 0 Å². The van der Waals surface area contributed by atoms with E-state index in [-0.39, 0.29) is 31.1 Å². The van der Waals surface area contributed by atoms with Crippen LogP contribution in [0.2, 0.25) is 0 Å². The Bertz CT molecular complexity index is 796. The Kier molecular flexibility index (Phi) is 37.9. The Morgan fingerprint density at radius 3 is 1.10 bits per heavy atom. The molecule has 0 aromatic heterocycles. The van der Waals surface area contributed by atoms with Crippen molar-refractivity contribution in [2.45, 2.75) is 253 Å². The van der Waals surface area contributed by atoms with Crippen LogP contribution in [0.15, 0.2) is 0 Å². The van der Waals surface area contributed by atoms with Gasteiger partial charge in [-0.25, -0.2) is 0 Å². The van der Waals surface area contributed by atoms with Crippen LogP contribution in [0.25, 0.3) is 0 Å². The van der Waals surface area contributed by atoms with Crippen molar-refractivity contribution in [2.75, 3.05) is 13.2 Å². The van der Waals surface area contributed by atoms with E-state index >= 15 is 0 Å². The Morgan fingerprint density at radius 2 is 0.731 bits per heavy atom. The highest BCUT2D eigenvalue weighted by Crippen LogP contribution is 2.17. The molecule has 0 radical (unpaired) electrons. The lowest BCUT2D eigenvalue weighted by Crippen LogP contribution is -2.30. The van der Waals surface area contributed by atoms with Crippen LogP contribution in [0.3, 0.4) is 0 Å². The lowest BCUT2D eigenvalue weighted by Gasteiger charge is -2.18. The van der Waals surface area contributed by atoms with Crippen molar-refractivity contribution in [2.24, 2.45) is 11.8 Å². The van der Waals surface area contributed by atoms with Crippen LogP contribution in [0, 0.1) is 11.8 Å². The third-order valence-electron chi connectivity index (χ3n) is 10.6. The van der Waals surface area contributed by atoms with E-state index in [1.165, 1.54) is 135 Å². The molecule has 6 nitrogen and oxygen atoms in total. The lowest BCUT2D eigenvalue weighted by molar-refractivity contribution is -0.167. The van der Waals surface area contributed by atoms with Crippen molar-refractivity contribution in [3.63, 3.8) is 0 Å². The molecule has 0 rings (SSSR count). The van der Waals surface area contributed by atoms with Gasteiger partial charge in [0, 0.05) is 19.3 Å². The van der Waals surface area contributed by atoms with Gasteiger partial charge in [0.15, 0.2) is 6.10 Å². The van der Waals surface area contributed by atoms with Gasteiger partial charge in [0.05, 0.1) is 0 Å². The fourth-order valence-electron chi connectivity index (χ4n) is 6.72. The summed E-state index contributed by atoms with van der Waals surface area (Å²) in [5, 5.41) is 0. The van der Waals surface area contributed by atoms with Crippen molar-refractivity contribution >= 4 is 17.9 Å². The topological polar surface area (TPSA) is 78.9 Å². The average Bonchev–Trinajstić information content (AvgIpc) is 3.12. The minimum atomic E-state index is -0.759. The standard InChI is InChI=1S/C46H88O6/c1-6-8-9-10-19-26-31-36-44(47)50-39-43(40-51-45(48)37-32-27-23-22-25-30-35-42(5)7-2)52-46(49)38-33-28-21-18-16-14-12-11-13-15-17-20-24-29-34-41(3)4/h41-43H,6-40H2,1-5H3/t42?,43-/m1/s1. The number of rotatable bonds is 40. The molecule has 0 bridgehead atoms. The molecule has 1 unspecified atom stereocenters. The summed E-state index contributed by atoms with van der Waals surface area (Å²) >= 11 is 0. The molecule has 0 amide bonds. The molecule has 52 heavy (non-hydrogen) atoms. The van der Waals surface area contributed by atoms with E-state index in [1.807, 2.05) is 0 Å². The third kappa shape index (κ3) is 38.1. The molecular formula is C46H88O6. The van der Waals surface area contributed by atoms with Crippen LogP contribution in [0.1, 0.15) is 247 Å². The van der Waals surface area contributed by atoms with E-state index in [0.717, 1.165) is 69.6 Å². The predicted molar refractivity (Wildman–Crippen MR) is 220 cm³/mol. The Balaban J connectivity index is 4.24. The molecule has 0 saturated carbocycles. The second-order valence-electron chi connectivity index (χ2n) is 16.4. The van der Waals surface area contributed by atoms with Gasteiger partial charge in [-0.1, -0.05) is 208 Å². The molecule has 0 aromatic rings. The molecular weight excluding hydrogens is 649 g/mol. The molecule has 0 aliphatic carbocycles. The largest absolute Gasteiger partial charge is 0.462 e. The maximum Gasteiger partial charge on any atom is 0.306 e. The van der Waals surface area contributed by atoms with Gasteiger partial charge in [-0.3, -0.25) is 14.4 Å². The smallest absolute Gasteiger partial charge is 0.306 e. The zero-order chi connectivity index (χ0) is 38.3. The van der Waals surface area contributed by atoms with E-state index in [4.69, 9.17) is 14.2 Å². The number of carbonyl (C=O) groups excluding carboxylic acids is 3. The fourth-order valence-corrected chi connectivity index (χ4v) is 6.72. The molecule has 0 aliphatic heterocycles. The Morgan fingerprint density at radius 1 is 0.404 bits per heavy atom. The van der Waals surface area contributed by atoms with E-state index in [9.17, 15) is 14.4 Å². The molecule has 0 heterocycles. The van der Waals surface area contributed by atoms with Crippen LogP contribution in [0.4, 0.5) is 0 Å². The van der Waals surface area contributed by atoms with Gasteiger partial charge in [0.2, 0.25) is 0 Å². The molecule has 0 saturated heterocycles. The molecule has 0 N–H and O–H groups in total. The maximum absolute atomic E-state index is 12.7. The normalized spacial score (nSPS) is 12.6. The number of carbonyl (C=O) groups is 3. The first kappa shape index (κ1) is 50.4. The van der Waals surface area contributed by atoms with Gasteiger partial charge in [-0.2, -0.15) is 0 Å². The van der Waals surface area contributed by atoms with Crippen molar-refractivity contribution in [3.8, 4) is 0 Å². The van der Waals surface area contributed by atoms with Crippen LogP contribution < -0.4 is 0 Å². The van der Waals surface area contributed by atoms with Crippen molar-refractivity contribution < 1.29 is 28.6 Å². The van der Waals surface area contributed by atoms with Gasteiger partial charge < -0.3 is 14.2 Å². The highest BCUT2D eigenvalue weighted by molar-refractivity contribution is 5.71.